The zero-order valence-corrected chi connectivity index (χ0v) is 17.3. The second-order valence-electron chi connectivity index (χ2n) is 9.48. The number of nitrogens with one attached hydrogen (secondary N) is 1. The van der Waals surface area contributed by atoms with Crippen LogP contribution in [0.4, 0.5) is 0 Å². The zero-order valence-electron chi connectivity index (χ0n) is 16.5. The van der Waals surface area contributed by atoms with Gasteiger partial charge >= 0.3 is 0 Å². The van der Waals surface area contributed by atoms with Crippen LogP contribution in [0.15, 0.2) is 12.1 Å². The molecule has 4 nitrogen and oxygen atoms in total. The van der Waals surface area contributed by atoms with Crippen LogP contribution < -0.4 is 5.32 Å². The minimum absolute atomic E-state index is 0.0123. The summed E-state index contributed by atoms with van der Waals surface area (Å²) in [6.45, 7) is 14.3. The van der Waals surface area contributed by atoms with Crippen LogP contribution in [-0.4, -0.2) is 32.3 Å². The number of benzene rings is 1. The maximum absolute atomic E-state index is 10.7. The SMILES string of the molecule is CC(C)(C)c1cc(O)c(CNCC2CCS(O)(O)C2)c(C(C)(C)C)c1. The molecule has 1 heterocycles. The van der Waals surface area contributed by atoms with Crippen molar-refractivity contribution in [2.45, 2.75) is 65.3 Å². The van der Waals surface area contributed by atoms with Gasteiger partial charge in [-0.05, 0) is 46.9 Å². The van der Waals surface area contributed by atoms with E-state index in [-0.39, 0.29) is 10.8 Å². The molecule has 1 fully saturated rings. The predicted molar refractivity (Wildman–Crippen MR) is 108 cm³/mol. The fraction of sp³-hybridized carbons (Fsp3) is 0.700. The van der Waals surface area contributed by atoms with E-state index in [2.05, 4.69) is 52.9 Å². The lowest BCUT2D eigenvalue weighted by molar-refractivity contribution is 0.446. The molecule has 144 valence electrons. The van der Waals surface area contributed by atoms with Gasteiger partial charge in [-0.1, -0.05) is 47.6 Å². The summed E-state index contributed by atoms with van der Waals surface area (Å²) in [5, 5.41) is 14.1. The Morgan fingerprint density at radius 2 is 1.72 bits per heavy atom. The average Bonchev–Trinajstić information content (AvgIpc) is 2.77. The van der Waals surface area contributed by atoms with Crippen LogP contribution in [0.25, 0.3) is 0 Å². The molecule has 1 saturated heterocycles. The Hall–Kier alpha value is -0.750. The number of hydrogen-bond donors (Lipinski definition) is 4. The van der Waals surface area contributed by atoms with Crippen molar-refractivity contribution < 1.29 is 14.2 Å². The molecule has 1 aliphatic rings. The molecule has 0 spiro atoms. The van der Waals surface area contributed by atoms with Gasteiger partial charge in [0.25, 0.3) is 0 Å². The van der Waals surface area contributed by atoms with E-state index < -0.39 is 10.6 Å². The van der Waals surface area contributed by atoms with E-state index in [9.17, 15) is 14.2 Å². The van der Waals surface area contributed by atoms with E-state index in [0.29, 0.717) is 29.7 Å². The normalized spacial score (nSPS) is 22.2. The van der Waals surface area contributed by atoms with E-state index in [0.717, 1.165) is 24.1 Å². The van der Waals surface area contributed by atoms with Crippen molar-refractivity contribution in [3.8, 4) is 5.75 Å². The van der Waals surface area contributed by atoms with Crippen molar-refractivity contribution in [1.82, 2.24) is 5.32 Å². The summed E-state index contributed by atoms with van der Waals surface area (Å²) in [4.78, 5) is 0. The molecule has 1 aliphatic heterocycles. The van der Waals surface area contributed by atoms with E-state index in [1.165, 1.54) is 5.56 Å². The van der Waals surface area contributed by atoms with Gasteiger partial charge in [-0.2, -0.15) is 10.6 Å². The number of hydrogen-bond acceptors (Lipinski definition) is 4. The third kappa shape index (κ3) is 5.36. The van der Waals surface area contributed by atoms with Crippen molar-refractivity contribution in [2.24, 2.45) is 5.92 Å². The molecule has 0 bridgehead atoms. The molecule has 4 N–H and O–H groups in total. The second-order valence-corrected chi connectivity index (χ2v) is 11.8. The van der Waals surface area contributed by atoms with Gasteiger partial charge < -0.3 is 10.4 Å². The first kappa shape index (κ1) is 20.6. The molecular weight excluding hydrogens is 334 g/mol. The summed E-state index contributed by atoms with van der Waals surface area (Å²) in [5.41, 5.74) is 3.19. The van der Waals surface area contributed by atoms with Gasteiger partial charge in [-0.25, -0.2) is 0 Å². The van der Waals surface area contributed by atoms with Crippen LogP contribution in [0.2, 0.25) is 0 Å². The molecule has 1 unspecified atom stereocenters. The van der Waals surface area contributed by atoms with Gasteiger partial charge in [-0.3, -0.25) is 9.11 Å². The molecule has 0 amide bonds. The first-order valence-corrected chi connectivity index (χ1v) is 11.0. The highest BCUT2D eigenvalue weighted by atomic mass is 32.3. The van der Waals surface area contributed by atoms with Crippen molar-refractivity contribution in [2.75, 3.05) is 18.1 Å². The molecule has 5 heteroatoms. The Bertz CT molecular complexity index is 615. The smallest absolute Gasteiger partial charge is 0.120 e. The Morgan fingerprint density at radius 1 is 1.08 bits per heavy atom. The average molecular weight is 370 g/mol. The Balaban J connectivity index is 2.16. The van der Waals surface area contributed by atoms with Gasteiger partial charge in [0, 0.05) is 23.6 Å². The molecule has 1 aromatic rings. The molecule has 1 aromatic carbocycles. The van der Waals surface area contributed by atoms with Crippen LogP contribution in [0.3, 0.4) is 0 Å². The van der Waals surface area contributed by atoms with E-state index in [1.807, 2.05) is 6.07 Å². The minimum Gasteiger partial charge on any atom is -0.508 e. The molecular formula is C20H35NO3S. The van der Waals surface area contributed by atoms with E-state index in [1.54, 1.807) is 0 Å². The Labute approximate surface area is 154 Å². The van der Waals surface area contributed by atoms with Crippen LogP contribution in [-0.2, 0) is 17.4 Å². The second kappa shape index (κ2) is 7.10. The quantitative estimate of drug-likeness (QED) is 0.612. The summed E-state index contributed by atoms with van der Waals surface area (Å²) < 4.78 is 19.5. The topological polar surface area (TPSA) is 72.7 Å². The lowest BCUT2D eigenvalue weighted by Gasteiger charge is -2.29. The highest BCUT2D eigenvalue weighted by Gasteiger charge is 2.28. The number of rotatable bonds is 4. The van der Waals surface area contributed by atoms with Crippen molar-refractivity contribution in [3.05, 3.63) is 28.8 Å². The highest BCUT2D eigenvalue weighted by molar-refractivity contribution is 8.24. The van der Waals surface area contributed by atoms with Crippen LogP contribution >= 0.6 is 10.6 Å². The first-order chi connectivity index (χ1) is 11.3. The number of phenols is 1. The molecule has 0 aromatic heterocycles. The Morgan fingerprint density at radius 3 is 2.20 bits per heavy atom. The first-order valence-electron chi connectivity index (χ1n) is 9.11. The lowest BCUT2D eigenvalue weighted by Crippen LogP contribution is -2.26. The van der Waals surface area contributed by atoms with E-state index in [4.69, 9.17) is 0 Å². The number of phenolic OH excluding ortho intramolecular Hbond substituents is 1. The van der Waals surface area contributed by atoms with Crippen molar-refractivity contribution in [3.63, 3.8) is 0 Å². The van der Waals surface area contributed by atoms with Gasteiger partial charge in [0.05, 0.1) is 0 Å². The van der Waals surface area contributed by atoms with Crippen LogP contribution in [0, 0.1) is 5.92 Å². The summed E-state index contributed by atoms with van der Waals surface area (Å²) in [6.07, 6.45) is 0.858. The van der Waals surface area contributed by atoms with Gasteiger partial charge in [-0.15, -0.1) is 0 Å². The molecule has 0 radical (unpaired) electrons. The molecule has 25 heavy (non-hydrogen) atoms. The monoisotopic (exact) mass is 369 g/mol. The zero-order chi connectivity index (χ0) is 19.0. The maximum Gasteiger partial charge on any atom is 0.120 e. The molecule has 0 saturated carbocycles. The summed E-state index contributed by atoms with van der Waals surface area (Å²) in [7, 11) is -2.34. The van der Waals surface area contributed by atoms with Gasteiger partial charge in [0.1, 0.15) is 5.75 Å². The van der Waals surface area contributed by atoms with Gasteiger partial charge in [0.15, 0.2) is 0 Å². The predicted octanol–water partition coefficient (Wildman–Crippen LogP) is 4.85. The lowest BCUT2D eigenvalue weighted by atomic mass is 9.78. The summed E-state index contributed by atoms with van der Waals surface area (Å²) in [5.74, 6) is 1.68. The van der Waals surface area contributed by atoms with Crippen LogP contribution in [0.5, 0.6) is 5.75 Å². The van der Waals surface area contributed by atoms with Crippen LogP contribution in [0.1, 0.15) is 64.7 Å². The highest BCUT2D eigenvalue weighted by Crippen LogP contribution is 2.48. The largest absolute Gasteiger partial charge is 0.508 e. The molecule has 1 atom stereocenters. The standard InChI is InChI=1S/C20H35NO3S/c1-19(2,3)15-9-17(20(4,5)6)16(18(22)10-15)12-21-11-14-7-8-25(23,24)13-14/h9-10,14,21-24H,7-8,11-13H2,1-6H3. The minimum atomic E-state index is -2.34. The van der Waals surface area contributed by atoms with Gasteiger partial charge in [0.2, 0.25) is 0 Å². The Kier molecular flexibility index (Phi) is 5.84. The van der Waals surface area contributed by atoms with Crippen molar-refractivity contribution >= 4 is 10.6 Å². The number of aromatic hydroxyl groups is 1. The maximum atomic E-state index is 10.7. The molecule has 0 aliphatic carbocycles. The fourth-order valence-corrected chi connectivity index (χ4v) is 5.32. The summed E-state index contributed by atoms with van der Waals surface area (Å²) in [6, 6.07) is 4.11. The van der Waals surface area contributed by atoms with E-state index >= 15 is 0 Å². The molecule has 2 rings (SSSR count). The van der Waals surface area contributed by atoms with Crippen molar-refractivity contribution in [1.29, 1.82) is 0 Å². The third-order valence-corrected chi connectivity index (χ3v) is 6.89. The fourth-order valence-electron chi connectivity index (χ4n) is 3.41. The third-order valence-electron chi connectivity index (χ3n) is 4.99. The summed E-state index contributed by atoms with van der Waals surface area (Å²) >= 11 is 0.